The summed E-state index contributed by atoms with van der Waals surface area (Å²) in [5, 5.41) is 2.66. The van der Waals surface area contributed by atoms with Crippen LogP contribution in [0.5, 0.6) is 0 Å². The molecule has 1 aromatic carbocycles. The van der Waals surface area contributed by atoms with Gasteiger partial charge in [-0.25, -0.2) is 0 Å². The maximum atomic E-state index is 12.3. The number of carbonyl (C=O) groups is 2. The molecule has 21 heavy (non-hydrogen) atoms. The van der Waals surface area contributed by atoms with Crippen molar-refractivity contribution in [2.45, 2.75) is 26.8 Å². The molecule has 2 amide bonds. The van der Waals surface area contributed by atoms with Crippen LogP contribution in [0.25, 0.3) is 0 Å². The molecule has 1 unspecified atom stereocenters. The predicted molar refractivity (Wildman–Crippen MR) is 82.4 cm³/mol. The van der Waals surface area contributed by atoms with E-state index in [1.54, 1.807) is 6.07 Å². The number of hydrogen-bond donors (Lipinski definition) is 3. The summed E-state index contributed by atoms with van der Waals surface area (Å²) in [4.78, 5) is 23.7. The fraction of sp³-hybridized carbons (Fsp3) is 0.375. The summed E-state index contributed by atoms with van der Waals surface area (Å²) in [6.45, 7) is 5.76. The lowest BCUT2D eigenvalue weighted by Crippen LogP contribution is -2.47. The molecule has 0 bridgehead atoms. The third-order valence-electron chi connectivity index (χ3n) is 3.00. The van der Waals surface area contributed by atoms with E-state index in [9.17, 15) is 9.59 Å². The minimum atomic E-state index is -0.714. The summed E-state index contributed by atoms with van der Waals surface area (Å²) in [6, 6.07) is 4.60. The molecule has 0 aliphatic heterocycles. The molecule has 5 heteroatoms. The van der Waals surface area contributed by atoms with Crippen molar-refractivity contribution in [2.75, 3.05) is 6.54 Å². The lowest BCUT2D eigenvalue weighted by molar-refractivity contribution is -0.120. The third kappa shape index (κ3) is 4.62. The van der Waals surface area contributed by atoms with Gasteiger partial charge in [-0.1, -0.05) is 31.8 Å². The Morgan fingerprint density at radius 3 is 2.52 bits per heavy atom. The number of primary amides is 1. The Morgan fingerprint density at radius 2 is 2.00 bits per heavy atom. The second kappa shape index (κ2) is 7.46. The van der Waals surface area contributed by atoms with E-state index in [4.69, 9.17) is 11.5 Å². The summed E-state index contributed by atoms with van der Waals surface area (Å²) in [5.41, 5.74) is 12.7. The predicted octanol–water partition coefficient (Wildman–Crippen LogP) is 0.545. The van der Waals surface area contributed by atoms with Crippen LogP contribution < -0.4 is 16.8 Å². The van der Waals surface area contributed by atoms with Gasteiger partial charge in [0.05, 0.1) is 12.1 Å². The molecule has 5 N–H and O–H groups in total. The zero-order valence-corrected chi connectivity index (χ0v) is 12.6. The molecular formula is C16H21N3O2. The van der Waals surface area contributed by atoms with Crippen LogP contribution in [0.3, 0.4) is 0 Å². The standard InChI is InChI=1S/C16H21N3O2/c1-10(2)14(15(18)20)19-16(21)13-7-6-11(3)9-12(13)5-4-8-17/h6-7,9-10,14H,8,17H2,1-3H3,(H2,18,20)(H,19,21). The van der Waals surface area contributed by atoms with Gasteiger partial charge in [-0.2, -0.15) is 0 Å². The molecule has 1 atom stereocenters. The number of benzene rings is 1. The van der Waals surface area contributed by atoms with E-state index in [2.05, 4.69) is 17.2 Å². The highest BCUT2D eigenvalue weighted by Gasteiger charge is 2.23. The van der Waals surface area contributed by atoms with Crippen molar-refractivity contribution >= 4 is 11.8 Å². The molecule has 0 heterocycles. The summed E-state index contributed by atoms with van der Waals surface area (Å²) in [7, 11) is 0. The maximum Gasteiger partial charge on any atom is 0.253 e. The van der Waals surface area contributed by atoms with Crippen molar-refractivity contribution in [1.82, 2.24) is 5.32 Å². The second-order valence-corrected chi connectivity index (χ2v) is 5.15. The Morgan fingerprint density at radius 1 is 1.33 bits per heavy atom. The maximum absolute atomic E-state index is 12.3. The molecule has 1 aromatic rings. The first-order chi connectivity index (χ1) is 9.86. The van der Waals surface area contributed by atoms with E-state index in [0.717, 1.165) is 5.56 Å². The van der Waals surface area contributed by atoms with Crippen LogP contribution >= 0.6 is 0 Å². The topological polar surface area (TPSA) is 98.2 Å². The summed E-state index contributed by atoms with van der Waals surface area (Å²) < 4.78 is 0. The Labute approximate surface area is 125 Å². The normalized spacial score (nSPS) is 11.5. The highest BCUT2D eigenvalue weighted by molar-refractivity contribution is 5.99. The van der Waals surface area contributed by atoms with Crippen LogP contribution in [0, 0.1) is 24.7 Å². The molecule has 0 saturated carbocycles. The van der Waals surface area contributed by atoms with Crippen LogP contribution in [0.2, 0.25) is 0 Å². The third-order valence-corrected chi connectivity index (χ3v) is 3.00. The van der Waals surface area contributed by atoms with Crippen molar-refractivity contribution in [3.8, 4) is 11.8 Å². The van der Waals surface area contributed by atoms with Gasteiger partial charge in [0.15, 0.2) is 0 Å². The fourth-order valence-electron chi connectivity index (χ4n) is 1.89. The smallest absolute Gasteiger partial charge is 0.253 e. The van der Waals surface area contributed by atoms with Gasteiger partial charge < -0.3 is 16.8 Å². The van der Waals surface area contributed by atoms with Gasteiger partial charge in [0.25, 0.3) is 5.91 Å². The first kappa shape index (κ1) is 16.7. The van der Waals surface area contributed by atoms with Gasteiger partial charge in [0.1, 0.15) is 6.04 Å². The van der Waals surface area contributed by atoms with Crippen LogP contribution in [0.15, 0.2) is 18.2 Å². The molecule has 0 spiro atoms. The minimum absolute atomic E-state index is 0.0875. The lowest BCUT2D eigenvalue weighted by Gasteiger charge is -2.19. The number of nitrogens with two attached hydrogens (primary N) is 2. The monoisotopic (exact) mass is 287 g/mol. The molecule has 0 aliphatic carbocycles. The molecule has 5 nitrogen and oxygen atoms in total. The van der Waals surface area contributed by atoms with Crippen LogP contribution in [-0.2, 0) is 4.79 Å². The van der Waals surface area contributed by atoms with Crippen molar-refractivity contribution in [3.63, 3.8) is 0 Å². The number of amides is 2. The Bertz CT molecular complexity index is 597. The van der Waals surface area contributed by atoms with Crippen LogP contribution in [0.1, 0.15) is 35.3 Å². The summed E-state index contributed by atoms with van der Waals surface area (Å²) >= 11 is 0. The van der Waals surface area contributed by atoms with Gasteiger partial charge in [-0.3, -0.25) is 9.59 Å². The first-order valence-electron chi connectivity index (χ1n) is 6.76. The SMILES string of the molecule is Cc1ccc(C(=O)NC(C(N)=O)C(C)C)c(C#CCN)c1. The van der Waals surface area contributed by atoms with Gasteiger partial charge in [-0.15, -0.1) is 0 Å². The van der Waals surface area contributed by atoms with E-state index in [-0.39, 0.29) is 18.4 Å². The molecule has 0 aromatic heterocycles. The Kier molecular flexibility index (Phi) is 5.94. The Hall–Kier alpha value is -2.32. The lowest BCUT2D eigenvalue weighted by atomic mass is 10.0. The van der Waals surface area contributed by atoms with Gasteiger partial charge >= 0.3 is 0 Å². The van der Waals surface area contributed by atoms with Gasteiger partial charge in [-0.05, 0) is 30.5 Å². The quantitative estimate of drug-likeness (QED) is 0.705. The highest BCUT2D eigenvalue weighted by Crippen LogP contribution is 2.12. The van der Waals surface area contributed by atoms with Crippen molar-refractivity contribution < 1.29 is 9.59 Å². The Balaban J connectivity index is 3.09. The number of carbonyl (C=O) groups excluding carboxylic acids is 2. The van der Waals surface area contributed by atoms with E-state index in [1.807, 2.05) is 32.9 Å². The molecule has 0 saturated heterocycles. The second-order valence-electron chi connectivity index (χ2n) is 5.15. The first-order valence-corrected chi connectivity index (χ1v) is 6.76. The van der Waals surface area contributed by atoms with E-state index < -0.39 is 11.9 Å². The summed E-state index contributed by atoms with van der Waals surface area (Å²) in [5.74, 6) is 4.60. The van der Waals surface area contributed by atoms with Crippen LogP contribution in [0.4, 0.5) is 0 Å². The van der Waals surface area contributed by atoms with Gasteiger partial charge in [0, 0.05) is 5.56 Å². The van der Waals surface area contributed by atoms with Crippen molar-refractivity contribution in [2.24, 2.45) is 17.4 Å². The molecule has 0 fully saturated rings. The van der Waals surface area contributed by atoms with E-state index in [0.29, 0.717) is 11.1 Å². The number of rotatable bonds is 4. The molecular weight excluding hydrogens is 266 g/mol. The number of aryl methyl sites for hydroxylation is 1. The average Bonchev–Trinajstić information content (AvgIpc) is 2.41. The average molecular weight is 287 g/mol. The zero-order chi connectivity index (χ0) is 16.0. The van der Waals surface area contributed by atoms with E-state index in [1.165, 1.54) is 0 Å². The zero-order valence-electron chi connectivity index (χ0n) is 12.6. The van der Waals surface area contributed by atoms with Crippen LogP contribution in [-0.4, -0.2) is 24.4 Å². The van der Waals surface area contributed by atoms with E-state index >= 15 is 0 Å². The summed E-state index contributed by atoms with van der Waals surface area (Å²) in [6.07, 6.45) is 0. The minimum Gasteiger partial charge on any atom is -0.368 e. The van der Waals surface area contributed by atoms with Gasteiger partial charge in [0.2, 0.25) is 5.91 Å². The van der Waals surface area contributed by atoms with Crippen molar-refractivity contribution in [1.29, 1.82) is 0 Å². The molecule has 112 valence electrons. The number of nitrogens with one attached hydrogen (secondary N) is 1. The molecule has 1 rings (SSSR count). The molecule has 0 aliphatic rings. The highest BCUT2D eigenvalue weighted by atomic mass is 16.2. The fourth-order valence-corrected chi connectivity index (χ4v) is 1.89. The number of hydrogen-bond acceptors (Lipinski definition) is 3. The van der Waals surface area contributed by atoms with Crippen molar-refractivity contribution in [3.05, 3.63) is 34.9 Å². The largest absolute Gasteiger partial charge is 0.368 e. The molecule has 0 radical (unpaired) electrons.